The fraction of sp³-hybridized carbons (Fsp3) is 0.846. The summed E-state index contributed by atoms with van der Waals surface area (Å²) in [6, 6.07) is -0.740. The molecular formula is C13H23NO3. The van der Waals surface area contributed by atoms with E-state index in [2.05, 4.69) is 12.2 Å². The van der Waals surface area contributed by atoms with Gasteiger partial charge < -0.3 is 10.4 Å². The van der Waals surface area contributed by atoms with Crippen LogP contribution in [-0.2, 0) is 9.59 Å². The summed E-state index contributed by atoms with van der Waals surface area (Å²) in [5.74, 6) is -0.370. The Morgan fingerprint density at radius 3 is 2.41 bits per heavy atom. The van der Waals surface area contributed by atoms with E-state index in [1.165, 1.54) is 0 Å². The summed E-state index contributed by atoms with van der Waals surface area (Å²) in [6.07, 6.45) is 3.52. The number of hydrogen-bond donors (Lipinski definition) is 2. The summed E-state index contributed by atoms with van der Waals surface area (Å²) in [6.45, 7) is 5.98. The van der Waals surface area contributed by atoms with Crippen LogP contribution in [0.15, 0.2) is 0 Å². The maximum absolute atomic E-state index is 12.0. The van der Waals surface area contributed by atoms with Gasteiger partial charge in [-0.2, -0.15) is 0 Å². The maximum Gasteiger partial charge on any atom is 0.326 e. The minimum Gasteiger partial charge on any atom is -0.480 e. The highest BCUT2D eigenvalue weighted by Crippen LogP contribution is 2.31. The third kappa shape index (κ3) is 4.02. The van der Waals surface area contributed by atoms with Crippen molar-refractivity contribution >= 4 is 11.9 Å². The van der Waals surface area contributed by atoms with Gasteiger partial charge in [-0.1, -0.05) is 27.2 Å². The third-order valence-electron chi connectivity index (χ3n) is 3.52. The van der Waals surface area contributed by atoms with E-state index in [4.69, 9.17) is 5.11 Å². The Labute approximate surface area is 103 Å². The molecule has 0 aromatic carbocycles. The molecule has 0 saturated heterocycles. The van der Waals surface area contributed by atoms with Gasteiger partial charge in [0.25, 0.3) is 0 Å². The van der Waals surface area contributed by atoms with Crippen LogP contribution in [0.4, 0.5) is 0 Å². The second-order valence-electron chi connectivity index (χ2n) is 5.54. The summed E-state index contributed by atoms with van der Waals surface area (Å²) >= 11 is 0. The van der Waals surface area contributed by atoms with E-state index in [-0.39, 0.29) is 17.7 Å². The summed E-state index contributed by atoms with van der Waals surface area (Å²) in [4.78, 5) is 23.0. The van der Waals surface area contributed by atoms with Crippen LogP contribution in [0.1, 0.15) is 46.5 Å². The number of hydrogen-bond acceptors (Lipinski definition) is 2. The molecule has 4 nitrogen and oxygen atoms in total. The highest BCUT2D eigenvalue weighted by Gasteiger charge is 2.32. The van der Waals surface area contributed by atoms with Crippen LogP contribution in [0.3, 0.4) is 0 Å². The number of rotatable bonds is 5. The van der Waals surface area contributed by atoms with Gasteiger partial charge in [-0.25, -0.2) is 4.79 Å². The van der Waals surface area contributed by atoms with Crippen molar-refractivity contribution in [2.24, 2.45) is 17.8 Å². The molecule has 1 rings (SSSR count). The Morgan fingerprint density at radius 2 is 2.00 bits per heavy atom. The standard InChI is InChI=1S/C13H23NO3/c1-8(2)7-11(13(16)17)14-12(15)10-6-4-5-9(10)3/h8-11H,4-7H2,1-3H3,(H,14,15)(H,16,17)/t9?,10?,11-/m1/s1. The molecule has 3 atom stereocenters. The number of carboxylic acid groups (broad SMARTS) is 1. The molecule has 1 aliphatic carbocycles. The van der Waals surface area contributed by atoms with Crippen molar-refractivity contribution in [3.05, 3.63) is 0 Å². The first-order valence-corrected chi connectivity index (χ1v) is 6.45. The zero-order chi connectivity index (χ0) is 13.0. The summed E-state index contributed by atoms with van der Waals surface area (Å²) in [5.41, 5.74) is 0. The van der Waals surface area contributed by atoms with Crippen LogP contribution in [-0.4, -0.2) is 23.0 Å². The molecule has 1 aliphatic rings. The van der Waals surface area contributed by atoms with Gasteiger partial charge in [-0.3, -0.25) is 4.79 Å². The van der Waals surface area contributed by atoms with Crippen molar-refractivity contribution in [3.63, 3.8) is 0 Å². The van der Waals surface area contributed by atoms with Gasteiger partial charge in [0.1, 0.15) is 6.04 Å². The molecule has 0 aromatic heterocycles. The SMILES string of the molecule is CC(C)C[C@@H](NC(=O)C1CCCC1C)C(=O)O. The lowest BCUT2D eigenvalue weighted by molar-refractivity contribution is -0.143. The number of nitrogens with one attached hydrogen (secondary N) is 1. The minimum atomic E-state index is -0.933. The molecule has 0 bridgehead atoms. The Bertz CT molecular complexity index is 288. The van der Waals surface area contributed by atoms with E-state index in [0.29, 0.717) is 12.3 Å². The topological polar surface area (TPSA) is 66.4 Å². The molecule has 0 aromatic rings. The van der Waals surface area contributed by atoms with E-state index in [0.717, 1.165) is 19.3 Å². The zero-order valence-corrected chi connectivity index (χ0v) is 10.9. The minimum absolute atomic E-state index is 0.00372. The average molecular weight is 241 g/mol. The molecule has 98 valence electrons. The van der Waals surface area contributed by atoms with Crippen molar-refractivity contribution in [2.75, 3.05) is 0 Å². The monoisotopic (exact) mass is 241 g/mol. The fourth-order valence-corrected chi connectivity index (χ4v) is 2.51. The quantitative estimate of drug-likeness (QED) is 0.774. The molecule has 0 spiro atoms. The molecule has 2 unspecified atom stereocenters. The molecule has 1 saturated carbocycles. The van der Waals surface area contributed by atoms with Gasteiger partial charge in [0.2, 0.25) is 5.91 Å². The lowest BCUT2D eigenvalue weighted by Gasteiger charge is -2.20. The van der Waals surface area contributed by atoms with Crippen LogP contribution < -0.4 is 5.32 Å². The Morgan fingerprint density at radius 1 is 1.35 bits per heavy atom. The Hall–Kier alpha value is -1.06. The second kappa shape index (κ2) is 6.03. The Balaban J connectivity index is 2.54. The number of amides is 1. The molecule has 0 aliphatic heterocycles. The van der Waals surface area contributed by atoms with E-state index in [1.54, 1.807) is 0 Å². The molecule has 4 heteroatoms. The molecule has 1 amide bonds. The maximum atomic E-state index is 12.0. The van der Waals surface area contributed by atoms with Gasteiger partial charge in [0.15, 0.2) is 0 Å². The number of carboxylic acids is 1. The van der Waals surface area contributed by atoms with Crippen molar-refractivity contribution in [3.8, 4) is 0 Å². The van der Waals surface area contributed by atoms with Gasteiger partial charge in [-0.15, -0.1) is 0 Å². The normalized spacial score (nSPS) is 25.9. The largest absolute Gasteiger partial charge is 0.480 e. The first-order valence-electron chi connectivity index (χ1n) is 6.45. The summed E-state index contributed by atoms with van der Waals surface area (Å²) in [5, 5.41) is 11.7. The van der Waals surface area contributed by atoms with E-state index in [9.17, 15) is 9.59 Å². The number of carbonyl (C=O) groups is 2. The lowest BCUT2D eigenvalue weighted by atomic mass is 9.96. The summed E-state index contributed by atoms with van der Waals surface area (Å²) in [7, 11) is 0. The van der Waals surface area contributed by atoms with Crippen LogP contribution in [0.2, 0.25) is 0 Å². The highest BCUT2D eigenvalue weighted by molar-refractivity contribution is 5.85. The van der Waals surface area contributed by atoms with E-state index in [1.807, 2.05) is 13.8 Å². The predicted molar refractivity (Wildman–Crippen MR) is 65.5 cm³/mol. The van der Waals surface area contributed by atoms with Gasteiger partial charge in [-0.05, 0) is 31.1 Å². The molecule has 0 heterocycles. The smallest absolute Gasteiger partial charge is 0.326 e. The average Bonchev–Trinajstić information content (AvgIpc) is 2.62. The van der Waals surface area contributed by atoms with Gasteiger partial charge >= 0.3 is 5.97 Å². The zero-order valence-electron chi connectivity index (χ0n) is 10.9. The van der Waals surface area contributed by atoms with Gasteiger partial charge in [0, 0.05) is 5.92 Å². The molecule has 0 radical (unpaired) electrons. The third-order valence-corrected chi connectivity index (χ3v) is 3.52. The molecular weight excluding hydrogens is 218 g/mol. The van der Waals surface area contributed by atoms with Crippen LogP contribution >= 0.6 is 0 Å². The highest BCUT2D eigenvalue weighted by atomic mass is 16.4. The first kappa shape index (κ1) is 14.0. The molecule has 17 heavy (non-hydrogen) atoms. The van der Waals surface area contributed by atoms with Crippen molar-refractivity contribution in [1.82, 2.24) is 5.32 Å². The fourth-order valence-electron chi connectivity index (χ4n) is 2.51. The number of carbonyl (C=O) groups excluding carboxylic acids is 1. The van der Waals surface area contributed by atoms with E-state index < -0.39 is 12.0 Å². The second-order valence-corrected chi connectivity index (χ2v) is 5.54. The van der Waals surface area contributed by atoms with Crippen molar-refractivity contribution in [2.45, 2.75) is 52.5 Å². The lowest BCUT2D eigenvalue weighted by Crippen LogP contribution is -2.44. The molecule has 2 N–H and O–H groups in total. The van der Waals surface area contributed by atoms with Crippen LogP contribution in [0.5, 0.6) is 0 Å². The van der Waals surface area contributed by atoms with Crippen LogP contribution in [0, 0.1) is 17.8 Å². The van der Waals surface area contributed by atoms with Crippen molar-refractivity contribution in [1.29, 1.82) is 0 Å². The van der Waals surface area contributed by atoms with Crippen LogP contribution in [0.25, 0.3) is 0 Å². The number of aliphatic carboxylic acids is 1. The Kier molecular flexibility index (Phi) is 4.97. The predicted octanol–water partition coefficient (Wildman–Crippen LogP) is 2.04. The first-order chi connectivity index (χ1) is 7.91. The van der Waals surface area contributed by atoms with E-state index >= 15 is 0 Å². The van der Waals surface area contributed by atoms with Gasteiger partial charge in [0.05, 0.1) is 0 Å². The molecule has 1 fully saturated rings. The summed E-state index contributed by atoms with van der Waals surface area (Å²) < 4.78 is 0. The van der Waals surface area contributed by atoms with Crippen molar-refractivity contribution < 1.29 is 14.7 Å².